The summed E-state index contributed by atoms with van der Waals surface area (Å²) in [6, 6.07) is 1.01. The van der Waals surface area contributed by atoms with E-state index in [0.717, 1.165) is 0 Å². The highest BCUT2D eigenvalue weighted by Gasteiger charge is 2.18. The average Bonchev–Trinajstić information content (AvgIpc) is 1.78. The number of hydrogen-bond donors (Lipinski definition) is 2. The first-order chi connectivity index (χ1) is 5.87. The van der Waals surface area contributed by atoms with Gasteiger partial charge >= 0.3 is 13.8 Å². The Labute approximate surface area is 78.8 Å². The predicted molar refractivity (Wildman–Crippen MR) is 44.5 cm³/mol. The summed E-state index contributed by atoms with van der Waals surface area (Å²) >= 11 is 5.49. The van der Waals surface area contributed by atoms with Gasteiger partial charge in [0, 0.05) is 5.69 Å². The van der Waals surface area contributed by atoms with E-state index in [1.165, 1.54) is 6.07 Å². The van der Waals surface area contributed by atoms with Crippen LogP contribution in [0, 0.1) is 6.92 Å². The minimum absolute atomic E-state index is 0.0657. The van der Waals surface area contributed by atoms with Crippen molar-refractivity contribution in [1.82, 2.24) is 9.97 Å². The third-order valence-electron chi connectivity index (χ3n) is 1.00. The number of nitrogens with zero attached hydrogens (tertiary/aromatic N) is 2. The van der Waals surface area contributed by atoms with Gasteiger partial charge in [-0.15, -0.1) is 0 Å². The highest BCUT2D eigenvalue weighted by atomic mass is 35.5. The van der Waals surface area contributed by atoms with E-state index in [-0.39, 0.29) is 5.15 Å². The molecule has 72 valence electrons. The summed E-state index contributed by atoms with van der Waals surface area (Å²) in [5.74, 6) is 0. The Morgan fingerprint density at radius 1 is 1.54 bits per heavy atom. The van der Waals surface area contributed by atoms with Gasteiger partial charge < -0.3 is 4.52 Å². The number of phosphoric ester groups is 1. The maximum absolute atomic E-state index is 10.4. The van der Waals surface area contributed by atoms with E-state index >= 15 is 0 Å². The molecular weight excluding hydrogens is 218 g/mol. The highest BCUT2D eigenvalue weighted by Crippen LogP contribution is 2.35. The summed E-state index contributed by atoms with van der Waals surface area (Å²) in [4.78, 5) is 23.9. The third-order valence-corrected chi connectivity index (χ3v) is 1.60. The van der Waals surface area contributed by atoms with Crippen LogP contribution in [0.15, 0.2) is 6.07 Å². The number of aryl methyl sites for hydroxylation is 1. The minimum Gasteiger partial charge on any atom is -0.368 e. The van der Waals surface area contributed by atoms with Gasteiger partial charge in [-0.3, -0.25) is 9.79 Å². The molecule has 1 heterocycles. The molecule has 0 spiro atoms. The highest BCUT2D eigenvalue weighted by molar-refractivity contribution is 7.46. The van der Waals surface area contributed by atoms with E-state index in [1.54, 1.807) is 6.92 Å². The van der Waals surface area contributed by atoms with Gasteiger partial charge in [-0.2, -0.15) is 4.98 Å². The zero-order valence-electron chi connectivity index (χ0n) is 6.51. The molecule has 0 aliphatic rings. The summed E-state index contributed by atoms with van der Waals surface area (Å²) in [5, 5.41) is 0.0657. The molecule has 0 aliphatic heterocycles. The second kappa shape index (κ2) is 3.59. The molecular formula is C5H6ClN2O4P. The smallest absolute Gasteiger partial charge is 0.368 e. The van der Waals surface area contributed by atoms with Crippen LogP contribution >= 0.6 is 19.4 Å². The van der Waals surface area contributed by atoms with E-state index < -0.39 is 13.8 Å². The molecule has 0 atom stereocenters. The first-order valence-corrected chi connectivity index (χ1v) is 5.04. The monoisotopic (exact) mass is 224 g/mol. The van der Waals surface area contributed by atoms with Crippen molar-refractivity contribution in [3.8, 4) is 6.01 Å². The minimum atomic E-state index is -4.61. The van der Waals surface area contributed by atoms with Crippen LogP contribution in [0.3, 0.4) is 0 Å². The maximum atomic E-state index is 10.4. The SMILES string of the molecule is Cc1cc(Cl)nc(OP(=O)(O)O)n1. The van der Waals surface area contributed by atoms with Gasteiger partial charge in [0.15, 0.2) is 0 Å². The van der Waals surface area contributed by atoms with Crippen molar-refractivity contribution in [3.05, 3.63) is 16.9 Å². The van der Waals surface area contributed by atoms with Gasteiger partial charge in [0.2, 0.25) is 0 Å². The van der Waals surface area contributed by atoms with Crippen molar-refractivity contribution >= 4 is 19.4 Å². The van der Waals surface area contributed by atoms with Crippen LogP contribution in [0.2, 0.25) is 5.15 Å². The van der Waals surface area contributed by atoms with Gasteiger partial charge in [0.25, 0.3) is 0 Å². The summed E-state index contributed by atoms with van der Waals surface area (Å²) in [5.41, 5.74) is 0.462. The molecule has 0 saturated heterocycles. The molecule has 0 aromatic carbocycles. The maximum Gasteiger partial charge on any atom is 0.527 e. The molecule has 0 fully saturated rings. The third kappa shape index (κ3) is 3.69. The molecule has 0 aliphatic carbocycles. The zero-order chi connectivity index (χ0) is 10.1. The number of rotatable bonds is 2. The van der Waals surface area contributed by atoms with Gasteiger partial charge in [-0.25, -0.2) is 9.55 Å². The first-order valence-electron chi connectivity index (χ1n) is 3.13. The van der Waals surface area contributed by atoms with Crippen LogP contribution in [-0.4, -0.2) is 19.8 Å². The van der Waals surface area contributed by atoms with E-state index in [9.17, 15) is 4.57 Å². The van der Waals surface area contributed by atoms with Gasteiger partial charge in [0.1, 0.15) is 5.15 Å². The fourth-order valence-electron chi connectivity index (χ4n) is 0.651. The summed E-state index contributed by atoms with van der Waals surface area (Å²) < 4.78 is 14.5. The molecule has 0 radical (unpaired) electrons. The predicted octanol–water partition coefficient (Wildman–Crippen LogP) is 0.910. The van der Waals surface area contributed by atoms with Crippen molar-refractivity contribution in [2.24, 2.45) is 0 Å². The van der Waals surface area contributed by atoms with E-state index in [1.807, 2.05) is 0 Å². The Bertz CT molecular complexity index is 345. The molecule has 0 unspecified atom stereocenters. The summed E-state index contributed by atoms with van der Waals surface area (Å²) in [6.07, 6.45) is 0. The average molecular weight is 225 g/mol. The Morgan fingerprint density at radius 2 is 2.15 bits per heavy atom. The Hall–Kier alpha value is -0.680. The Kier molecular flexibility index (Phi) is 2.87. The van der Waals surface area contributed by atoms with Gasteiger partial charge in [-0.1, -0.05) is 11.6 Å². The normalized spacial score (nSPS) is 11.4. The Morgan fingerprint density at radius 3 is 2.62 bits per heavy atom. The molecule has 0 bridgehead atoms. The molecule has 1 aromatic rings. The summed E-state index contributed by atoms with van der Waals surface area (Å²) in [6.45, 7) is 1.60. The zero-order valence-corrected chi connectivity index (χ0v) is 8.16. The largest absolute Gasteiger partial charge is 0.527 e. The fraction of sp³-hybridized carbons (Fsp3) is 0.200. The van der Waals surface area contributed by atoms with Crippen LogP contribution in [0.1, 0.15) is 5.69 Å². The van der Waals surface area contributed by atoms with Crippen LogP contribution in [0.5, 0.6) is 6.01 Å². The van der Waals surface area contributed by atoms with Crippen LogP contribution in [-0.2, 0) is 4.57 Å². The Balaban J connectivity index is 2.96. The van der Waals surface area contributed by atoms with E-state index in [4.69, 9.17) is 21.4 Å². The molecule has 2 N–H and O–H groups in total. The molecule has 0 amide bonds. The fourth-order valence-corrected chi connectivity index (χ4v) is 1.18. The van der Waals surface area contributed by atoms with Gasteiger partial charge in [-0.05, 0) is 13.0 Å². The number of halogens is 1. The lowest BCUT2D eigenvalue weighted by molar-refractivity contribution is 0.275. The summed E-state index contributed by atoms with van der Waals surface area (Å²) in [7, 11) is -4.61. The number of hydrogen-bond acceptors (Lipinski definition) is 4. The second-order valence-electron chi connectivity index (χ2n) is 2.20. The van der Waals surface area contributed by atoms with Crippen molar-refractivity contribution in [2.45, 2.75) is 6.92 Å². The van der Waals surface area contributed by atoms with Crippen LogP contribution in [0.4, 0.5) is 0 Å². The topological polar surface area (TPSA) is 92.5 Å². The van der Waals surface area contributed by atoms with Crippen molar-refractivity contribution in [2.75, 3.05) is 0 Å². The van der Waals surface area contributed by atoms with Crippen molar-refractivity contribution in [1.29, 1.82) is 0 Å². The van der Waals surface area contributed by atoms with E-state index in [0.29, 0.717) is 5.69 Å². The molecule has 8 heteroatoms. The first kappa shape index (κ1) is 10.4. The molecule has 1 aromatic heterocycles. The van der Waals surface area contributed by atoms with Crippen molar-refractivity contribution in [3.63, 3.8) is 0 Å². The molecule has 1 rings (SSSR count). The second-order valence-corrected chi connectivity index (χ2v) is 3.75. The lowest BCUT2D eigenvalue weighted by Crippen LogP contribution is -1.97. The van der Waals surface area contributed by atoms with Crippen molar-refractivity contribution < 1.29 is 18.9 Å². The van der Waals surface area contributed by atoms with E-state index in [2.05, 4.69) is 14.5 Å². The number of aromatic nitrogens is 2. The van der Waals surface area contributed by atoms with Crippen LogP contribution < -0.4 is 4.52 Å². The lowest BCUT2D eigenvalue weighted by Gasteiger charge is -2.04. The van der Waals surface area contributed by atoms with Gasteiger partial charge in [0.05, 0.1) is 0 Å². The molecule has 0 saturated carbocycles. The lowest BCUT2D eigenvalue weighted by atomic mass is 10.5. The van der Waals surface area contributed by atoms with Crippen LogP contribution in [0.25, 0.3) is 0 Å². The molecule has 6 nitrogen and oxygen atoms in total. The standard InChI is InChI=1S/C5H6ClN2O4P/c1-3-2-4(6)8-5(7-3)12-13(9,10)11/h2H,1H3,(H2,9,10,11). The molecule has 13 heavy (non-hydrogen) atoms. The number of phosphoric acid groups is 1. The quantitative estimate of drug-likeness (QED) is 0.573.